The zero-order chi connectivity index (χ0) is 18.1. The summed E-state index contributed by atoms with van der Waals surface area (Å²) < 4.78 is 11.3. The summed E-state index contributed by atoms with van der Waals surface area (Å²) in [5.74, 6) is 1.04. The molecule has 4 aromatic rings. The van der Waals surface area contributed by atoms with Gasteiger partial charge in [0.1, 0.15) is 17.7 Å². The van der Waals surface area contributed by atoms with Gasteiger partial charge in [-0.2, -0.15) is 0 Å². The van der Waals surface area contributed by atoms with Gasteiger partial charge in [0, 0.05) is 17.5 Å². The third kappa shape index (κ3) is 3.04. The van der Waals surface area contributed by atoms with Gasteiger partial charge in [-0.15, -0.1) is 0 Å². The van der Waals surface area contributed by atoms with Gasteiger partial charge in [-0.05, 0) is 43.2 Å². The summed E-state index contributed by atoms with van der Waals surface area (Å²) in [5, 5.41) is 1.77. The molecule has 0 bridgehead atoms. The lowest BCUT2D eigenvalue weighted by atomic mass is 10.1. The Hall–Kier alpha value is -3.21. The summed E-state index contributed by atoms with van der Waals surface area (Å²) in [6.07, 6.45) is 3.27. The molecule has 0 aliphatic rings. The second-order valence-corrected chi connectivity index (χ2v) is 6.30. The molecular weight excluding hydrogens is 328 g/mol. The summed E-state index contributed by atoms with van der Waals surface area (Å²) in [4.78, 5) is 20.4. The van der Waals surface area contributed by atoms with Crippen molar-refractivity contribution in [3.8, 4) is 11.6 Å². The molecule has 0 atom stereocenters. The van der Waals surface area contributed by atoms with E-state index in [1.165, 1.54) is 6.33 Å². The third-order valence-electron chi connectivity index (χ3n) is 4.29. The van der Waals surface area contributed by atoms with Crippen molar-refractivity contribution < 1.29 is 9.15 Å². The molecule has 5 nitrogen and oxygen atoms in total. The summed E-state index contributed by atoms with van der Waals surface area (Å²) in [6.45, 7) is 4.09. The Kier molecular flexibility index (Phi) is 4.13. The zero-order valence-corrected chi connectivity index (χ0v) is 14.7. The van der Waals surface area contributed by atoms with Crippen molar-refractivity contribution in [3.05, 3.63) is 70.3 Å². The van der Waals surface area contributed by atoms with Crippen LogP contribution in [0.2, 0.25) is 0 Å². The minimum Gasteiger partial charge on any atom is -0.438 e. The van der Waals surface area contributed by atoms with Crippen LogP contribution in [-0.2, 0) is 6.42 Å². The van der Waals surface area contributed by atoms with Gasteiger partial charge in [0.2, 0.25) is 5.88 Å². The van der Waals surface area contributed by atoms with Crippen molar-refractivity contribution in [2.75, 3.05) is 0 Å². The molecule has 0 saturated carbocycles. The molecule has 130 valence electrons. The number of benzene rings is 2. The fraction of sp³-hybridized carbons (Fsp3) is 0.190. The minimum absolute atomic E-state index is 0.346. The predicted molar refractivity (Wildman–Crippen MR) is 101 cm³/mol. The summed E-state index contributed by atoms with van der Waals surface area (Å²) in [6, 6.07) is 13.0. The molecule has 5 heteroatoms. The monoisotopic (exact) mass is 346 g/mol. The normalized spacial score (nSPS) is 11.2. The van der Waals surface area contributed by atoms with Gasteiger partial charge in [0.05, 0.1) is 10.9 Å². The molecule has 0 fully saturated rings. The molecule has 26 heavy (non-hydrogen) atoms. The average molecular weight is 346 g/mol. The average Bonchev–Trinajstić information content (AvgIpc) is 2.62. The highest BCUT2D eigenvalue weighted by Gasteiger charge is 2.10. The van der Waals surface area contributed by atoms with Crippen LogP contribution in [0.3, 0.4) is 0 Å². The number of aryl methyl sites for hydroxylation is 2. The van der Waals surface area contributed by atoms with E-state index >= 15 is 0 Å². The Morgan fingerprint density at radius 3 is 2.77 bits per heavy atom. The third-order valence-corrected chi connectivity index (χ3v) is 4.29. The molecular formula is C21H18N2O3. The molecule has 4 rings (SSSR count). The van der Waals surface area contributed by atoms with Crippen molar-refractivity contribution in [2.45, 2.75) is 26.7 Å². The van der Waals surface area contributed by atoms with Crippen LogP contribution in [0.15, 0.2) is 58.0 Å². The van der Waals surface area contributed by atoms with Crippen LogP contribution in [0.5, 0.6) is 11.6 Å². The first-order valence-corrected chi connectivity index (χ1v) is 8.60. The molecule has 0 aliphatic heterocycles. The van der Waals surface area contributed by atoms with Crippen LogP contribution in [-0.4, -0.2) is 9.97 Å². The molecule has 0 spiro atoms. The molecule has 2 aromatic carbocycles. The van der Waals surface area contributed by atoms with E-state index in [0.29, 0.717) is 17.2 Å². The van der Waals surface area contributed by atoms with Crippen molar-refractivity contribution in [3.63, 3.8) is 0 Å². The second kappa shape index (κ2) is 6.59. The van der Waals surface area contributed by atoms with Crippen molar-refractivity contribution in [1.29, 1.82) is 0 Å². The van der Waals surface area contributed by atoms with Gasteiger partial charge in [0.25, 0.3) is 0 Å². The van der Waals surface area contributed by atoms with E-state index in [1.54, 1.807) is 12.1 Å². The van der Waals surface area contributed by atoms with Crippen molar-refractivity contribution in [1.82, 2.24) is 9.97 Å². The van der Waals surface area contributed by atoms with Crippen LogP contribution < -0.4 is 10.4 Å². The number of ether oxygens (including phenoxy) is 1. The number of rotatable bonds is 4. The second-order valence-electron chi connectivity index (χ2n) is 6.30. The van der Waals surface area contributed by atoms with Crippen LogP contribution >= 0.6 is 0 Å². The Labute approximate surface area is 150 Å². The lowest BCUT2D eigenvalue weighted by Crippen LogP contribution is -2.00. The first kappa shape index (κ1) is 16.3. The van der Waals surface area contributed by atoms with Crippen LogP contribution in [0.1, 0.15) is 24.5 Å². The van der Waals surface area contributed by atoms with E-state index in [1.807, 2.05) is 37.3 Å². The molecule has 0 unspecified atom stereocenters. The molecule has 2 aromatic heterocycles. The maximum atomic E-state index is 11.8. The van der Waals surface area contributed by atoms with Gasteiger partial charge < -0.3 is 9.15 Å². The first-order valence-electron chi connectivity index (χ1n) is 8.60. The zero-order valence-electron chi connectivity index (χ0n) is 14.7. The van der Waals surface area contributed by atoms with E-state index < -0.39 is 0 Å². The van der Waals surface area contributed by atoms with Crippen molar-refractivity contribution in [2.24, 2.45) is 0 Å². The van der Waals surface area contributed by atoms with E-state index in [9.17, 15) is 4.79 Å². The predicted octanol–water partition coefficient (Wildman–Crippen LogP) is 4.79. The highest BCUT2D eigenvalue weighted by molar-refractivity contribution is 5.85. The number of hydrogen-bond acceptors (Lipinski definition) is 5. The smallest absolute Gasteiger partial charge is 0.336 e. The van der Waals surface area contributed by atoms with Crippen LogP contribution in [0.4, 0.5) is 0 Å². The fourth-order valence-corrected chi connectivity index (χ4v) is 3.09. The Balaban J connectivity index is 1.79. The Morgan fingerprint density at radius 1 is 1.04 bits per heavy atom. The number of nitrogens with zero attached hydrogens (tertiary/aromatic N) is 2. The summed E-state index contributed by atoms with van der Waals surface area (Å²) in [5.41, 5.74) is 3.09. The van der Waals surface area contributed by atoms with Gasteiger partial charge in [-0.1, -0.05) is 25.0 Å². The standard InChI is InChI=1S/C21H18N2O3/c1-3-4-14-10-20(24)26-19-11-15(6-7-16(14)19)25-21-17-9-13(2)5-8-18(17)22-12-23-21/h5-12H,3-4H2,1-2H3. The SMILES string of the molecule is CCCc1cc(=O)oc2cc(Oc3ncnc4ccc(C)cc34)ccc12. The number of fused-ring (bicyclic) bond motifs is 2. The molecule has 0 radical (unpaired) electrons. The van der Waals surface area contributed by atoms with Crippen LogP contribution in [0.25, 0.3) is 21.9 Å². The maximum Gasteiger partial charge on any atom is 0.336 e. The maximum absolute atomic E-state index is 11.8. The summed E-state index contributed by atoms with van der Waals surface area (Å²) in [7, 11) is 0. The topological polar surface area (TPSA) is 65.2 Å². The summed E-state index contributed by atoms with van der Waals surface area (Å²) >= 11 is 0. The van der Waals surface area contributed by atoms with Gasteiger partial charge in [-0.25, -0.2) is 14.8 Å². The van der Waals surface area contributed by atoms with E-state index in [4.69, 9.17) is 9.15 Å². The quantitative estimate of drug-likeness (QED) is 0.497. The fourth-order valence-electron chi connectivity index (χ4n) is 3.09. The number of aromatic nitrogens is 2. The lowest BCUT2D eigenvalue weighted by Gasteiger charge is -2.09. The van der Waals surface area contributed by atoms with E-state index in [2.05, 4.69) is 16.9 Å². The van der Waals surface area contributed by atoms with Gasteiger partial charge in [-0.3, -0.25) is 0 Å². The minimum atomic E-state index is -0.346. The lowest BCUT2D eigenvalue weighted by molar-refractivity contribution is 0.466. The molecule has 0 aliphatic carbocycles. The first-order chi connectivity index (χ1) is 12.6. The molecule has 0 saturated heterocycles. The van der Waals surface area contributed by atoms with Gasteiger partial charge in [0.15, 0.2) is 0 Å². The molecule has 0 N–H and O–H groups in total. The number of hydrogen-bond donors (Lipinski definition) is 0. The van der Waals surface area contributed by atoms with E-state index in [0.717, 1.165) is 40.3 Å². The van der Waals surface area contributed by atoms with E-state index in [-0.39, 0.29) is 5.63 Å². The van der Waals surface area contributed by atoms with Crippen LogP contribution in [0, 0.1) is 6.92 Å². The Morgan fingerprint density at radius 2 is 1.92 bits per heavy atom. The molecule has 2 heterocycles. The largest absolute Gasteiger partial charge is 0.438 e. The highest BCUT2D eigenvalue weighted by Crippen LogP contribution is 2.30. The highest BCUT2D eigenvalue weighted by atomic mass is 16.5. The van der Waals surface area contributed by atoms with Crippen molar-refractivity contribution >= 4 is 21.9 Å². The van der Waals surface area contributed by atoms with Gasteiger partial charge >= 0.3 is 5.63 Å². The Bertz CT molecular complexity index is 1160. The molecule has 0 amide bonds.